The zero-order valence-electron chi connectivity index (χ0n) is 10.5. The summed E-state index contributed by atoms with van der Waals surface area (Å²) >= 11 is 0. The van der Waals surface area contributed by atoms with Crippen molar-refractivity contribution in [2.24, 2.45) is 5.73 Å². The molecule has 18 heavy (non-hydrogen) atoms. The largest absolute Gasteiger partial charge is 0.492 e. The minimum absolute atomic E-state index is 0.512. The summed E-state index contributed by atoms with van der Waals surface area (Å²) in [5.41, 5.74) is 6.36. The molecule has 96 valence electrons. The van der Waals surface area contributed by atoms with E-state index in [2.05, 4.69) is 17.2 Å². The molecule has 5 heteroatoms. The molecular weight excluding hydrogens is 228 g/mol. The van der Waals surface area contributed by atoms with Crippen LogP contribution in [-0.4, -0.2) is 22.7 Å². The molecule has 0 aliphatic heterocycles. The minimum Gasteiger partial charge on any atom is -0.492 e. The van der Waals surface area contributed by atoms with Gasteiger partial charge in [0.1, 0.15) is 12.4 Å². The van der Waals surface area contributed by atoms with E-state index in [9.17, 15) is 0 Å². The van der Waals surface area contributed by atoms with Crippen molar-refractivity contribution in [2.75, 3.05) is 18.5 Å². The van der Waals surface area contributed by atoms with Gasteiger partial charge in [0.25, 0.3) is 0 Å². The van der Waals surface area contributed by atoms with Crippen LogP contribution >= 0.6 is 0 Å². The molecule has 0 spiro atoms. The summed E-state index contributed by atoms with van der Waals surface area (Å²) < 4.78 is 7.51. The van der Waals surface area contributed by atoms with Gasteiger partial charge in [0.15, 0.2) is 0 Å². The van der Waals surface area contributed by atoms with Crippen LogP contribution in [0.3, 0.4) is 0 Å². The van der Waals surface area contributed by atoms with Gasteiger partial charge < -0.3 is 20.4 Å². The van der Waals surface area contributed by atoms with E-state index in [0.29, 0.717) is 13.2 Å². The van der Waals surface area contributed by atoms with Gasteiger partial charge in [-0.2, -0.15) is 0 Å². The highest BCUT2D eigenvalue weighted by Crippen LogP contribution is 2.20. The van der Waals surface area contributed by atoms with E-state index in [-0.39, 0.29) is 0 Å². The van der Waals surface area contributed by atoms with Crippen LogP contribution < -0.4 is 15.8 Å². The molecule has 0 aliphatic carbocycles. The highest BCUT2D eigenvalue weighted by molar-refractivity contribution is 5.56. The third-order valence-electron chi connectivity index (χ3n) is 2.53. The highest BCUT2D eigenvalue weighted by Gasteiger charge is 2.02. The second-order valence-electron chi connectivity index (χ2n) is 3.83. The minimum atomic E-state index is 0.512. The Kier molecular flexibility index (Phi) is 4.20. The number of anilines is 2. The molecule has 0 saturated heterocycles. The number of nitrogens with two attached hydrogens (primary N) is 1. The van der Waals surface area contributed by atoms with Gasteiger partial charge in [-0.25, -0.2) is 4.98 Å². The van der Waals surface area contributed by atoms with Crippen molar-refractivity contribution in [3.05, 3.63) is 36.7 Å². The maximum atomic E-state index is 5.48. The zero-order valence-corrected chi connectivity index (χ0v) is 10.5. The number of nitrogens with one attached hydrogen (secondary N) is 1. The number of imidazole rings is 1. The number of hydrogen-bond acceptors (Lipinski definition) is 4. The number of aryl methyl sites for hydroxylation is 1. The van der Waals surface area contributed by atoms with Crippen LogP contribution in [0.15, 0.2) is 36.7 Å². The maximum absolute atomic E-state index is 5.48. The third kappa shape index (κ3) is 3.01. The summed E-state index contributed by atoms with van der Waals surface area (Å²) in [6.07, 6.45) is 3.72. The topological polar surface area (TPSA) is 65.1 Å². The molecule has 1 aromatic heterocycles. The molecule has 0 aliphatic rings. The van der Waals surface area contributed by atoms with Crippen LogP contribution in [0.2, 0.25) is 0 Å². The molecule has 1 aromatic carbocycles. The summed E-state index contributed by atoms with van der Waals surface area (Å²) in [7, 11) is 0. The van der Waals surface area contributed by atoms with Gasteiger partial charge in [0.05, 0.1) is 0 Å². The van der Waals surface area contributed by atoms with E-state index in [1.165, 1.54) is 0 Å². The van der Waals surface area contributed by atoms with E-state index < -0.39 is 0 Å². The Bertz CT molecular complexity index is 495. The Hall–Kier alpha value is -2.01. The molecule has 0 bridgehead atoms. The fourth-order valence-corrected chi connectivity index (χ4v) is 1.66. The summed E-state index contributed by atoms with van der Waals surface area (Å²) in [5.74, 6) is 1.63. The predicted octanol–water partition coefficient (Wildman–Crippen LogP) is 1.98. The lowest BCUT2D eigenvalue weighted by Gasteiger charge is -2.10. The van der Waals surface area contributed by atoms with E-state index in [1.807, 2.05) is 35.0 Å². The smallest absolute Gasteiger partial charge is 0.207 e. The van der Waals surface area contributed by atoms with Crippen molar-refractivity contribution in [2.45, 2.75) is 13.5 Å². The highest BCUT2D eigenvalue weighted by atomic mass is 16.5. The van der Waals surface area contributed by atoms with Gasteiger partial charge in [0.2, 0.25) is 5.95 Å². The fourth-order valence-electron chi connectivity index (χ4n) is 1.66. The molecule has 0 atom stereocenters. The first kappa shape index (κ1) is 12.4. The van der Waals surface area contributed by atoms with Crippen LogP contribution in [0.4, 0.5) is 11.6 Å². The molecule has 0 radical (unpaired) electrons. The molecule has 0 saturated carbocycles. The Morgan fingerprint density at radius 2 is 2.33 bits per heavy atom. The van der Waals surface area contributed by atoms with Crippen molar-refractivity contribution < 1.29 is 4.74 Å². The van der Waals surface area contributed by atoms with Crippen molar-refractivity contribution >= 4 is 11.6 Å². The van der Waals surface area contributed by atoms with E-state index in [0.717, 1.165) is 23.9 Å². The third-order valence-corrected chi connectivity index (χ3v) is 2.53. The van der Waals surface area contributed by atoms with Gasteiger partial charge in [-0.05, 0) is 19.1 Å². The molecule has 2 rings (SSSR count). The second kappa shape index (κ2) is 6.07. The molecule has 0 unspecified atom stereocenters. The number of aromatic nitrogens is 2. The van der Waals surface area contributed by atoms with Crippen LogP contribution in [0.1, 0.15) is 6.92 Å². The molecule has 0 amide bonds. The molecule has 1 heterocycles. The Balaban J connectivity index is 2.09. The SMILES string of the molecule is CCn1ccnc1Nc1cccc(OCCN)c1. The first-order valence-corrected chi connectivity index (χ1v) is 6.04. The predicted molar refractivity (Wildman–Crippen MR) is 72.2 cm³/mol. The van der Waals surface area contributed by atoms with E-state index in [4.69, 9.17) is 10.5 Å². The lowest BCUT2D eigenvalue weighted by atomic mass is 10.3. The standard InChI is InChI=1S/C13H18N4O/c1-2-17-8-7-15-13(17)16-11-4-3-5-12(10-11)18-9-6-14/h3-5,7-8,10H,2,6,9,14H2,1H3,(H,15,16). The first-order valence-electron chi connectivity index (χ1n) is 6.04. The zero-order chi connectivity index (χ0) is 12.8. The van der Waals surface area contributed by atoms with Crippen LogP contribution in [0, 0.1) is 0 Å². The number of ether oxygens (including phenoxy) is 1. The van der Waals surface area contributed by atoms with E-state index in [1.54, 1.807) is 6.20 Å². The molecule has 3 N–H and O–H groups in total. The van der Waals surface area contributed by atoms with Gasteiger partial charge in [-0.15, -0.1) is 0 Å². The lowest BCUT2D eigenvalue weighted by Crippen LogP contribution is -2.10. The van der Waals surface area contributed by atoms with E-state index >= 15 is 0 Å². The van der Waals surface area contributed by atoms with Crippen LogP contribution in [0.5, 0.6) is 5.75 Å². The van der Waals surface area contributed by atoms with Crippen molar-refractivity contribution in [1.29, 1.82) is 0 Å². The fraction of sp³-hybridized carbons (Fsp3) is 0.308. The molecule has 0 fully saturated rings. The summed E-state index contributed by atoms with van der Waals surface area (Å²) in [6.45, 7) is 3.99. The van der Waals surface area contributed by atoms with Gasteiger partial charge >= 0.3 is 0 Å². The lowest BCUT2D eigenvalue weighted by molar-refractivity contribution is 0.328. The number of rotatable bonds is 6. The number of nitrogens with zero attached hydrogens (tertiary/aromatic N) is 2. The molecular formula is C13H18N4O. The van der Waals surface area contributed by atoms with Gasteiger partial charge in [0, 0.05) is 37.2 Å². The van der Waals surface area contributed by atoms with Crippen LogP contribution in [-0.2, 0) is 6.54 Å². The quantitative estimate of drug-likeness (QED) is 0.818. The summed E-state index contributed by atoms with van der Waals surface area (Å²) in [5, 5.41) is 3.26. The van der Waals surface area contributed by atoms with Gasteiger partial charge in [-0.1, -0.05) is 6.07 Å². The average Bonchev–Trinajstić information content (AvgIpc) is 2.84. The Morgan fingerprint density at radius 3 is 3.11 bits per heavy atom. The molecule has 2 aromatic rings. The van der Waals surface area contributed by atoms with Crippen LogP contribution in [0.25, 0.3) is 0 Å². The van der Waals surface area contributed by atoms with Gasteiger partial charge in [-0.3, -0.25) is 0 Å². The Labute approximate surface area is 107 Å². The molecule has 5 nitrogen and oxygen atoms in total. The van der Waals surface area contributed by atoms with Crippen molar-refractivity contribution in [1.82, 2.24) is 9.55 Å². The number of benzene rings is 1. The normalized spacial score (nSPS) is 10.3. The summed E-state index contributed by atoms with van der Waals surface area (Å²) in [6, 6.07) is 7.76. The number of hydrogen-bond donors (Lipinski definition) is 2. The Morgan fingerprint density at radius 1 is 1.44 bits per heavy atom. The maximum Gasteiger partial charge on any atom is 0.207 e. The van der Waals surface area contributed by atoms with Crippen molar-refractivity contribution in [3.8, 4) is 5.75 Å². The summed E-state index contributed by atoms with van der Waals surface area (Å²) in [4.78, 5) is 4.27. The van der Waals surface area contributed by atoms with Crippen molar-refractivity contribution in [3.63, 3.8) is 0 Å². The average molecular weight is 246 g/mol. The second-order valence-corrected chi connectivity index (χ2v) is 3.83. The monoisotopic (exact) mass is 246 g/mol. The first-order chi connectivity index (χ1) is 8.83.